The molecule has 1 heterocycles. The van der Waals surface area contributed by atoms with Crippen LogP contribution in [0.2, 0.25) is 5.02 Å². The molecule has 1 N–H and O–H groups in total. The van der Waals surface area contributed by atoms with E-state index in [-0.39, 0.29) is 6.10 Å². The molecule has 112 valence electrons. The van der Waals surface area contributed by atoms with E-state index in [1.165, 1.54) is 0 Å². The number of halogens is 1. The van der Waals surface area contributed by atoms with Crippen LogP contribution >= 0.6 is 11.6 Å². The second kappa shape index (κ2) is 6.72. The zero-order valence-corrected chi connectivity index (χ0v) is 13.4. The third kappa shape index (κ3) is 4.04. The lowest BCUT2D eigenvalue weighted by Crippen LogP contribution is -2.12. The number of nitrogens with zero attached hydrogens (tertiary/aromatic N) is 3. The first-order valence-corrected chi connectivity index (χ1v) is 7.30. The SMILES string of the molecule is CCNc1nc(OC(C)C)nc(-c2ccc(C)c(Cl)c2)n1. The lowest BCUT2D eigenvalue weighted by atomic mass is 10.1. The highest BCUT2D eigenvalue weighted by Crippen LogP contribution is 2.24. The summed E-state index contributed by atoms with van der Waals surface area (Å²) >= 11 is 6.17. The number of anilines is 1. The number of hydrogen-bond acceptors (Lipinski definition) is 5. The Kier molecular flexibility index (Phi) is 4.96. The highest BCUT2D eigenvalue weighted by Gasteiger charge is 2.11. The third-order valence-corrected chi connectivity index (χ3v) is 3.13. The van der Waals surface area contributed by atoms with Crippen molar-refractivity contribution in [3.63, 3.8) is 0 Å². The first-order valence-electron chi connectivity index (χ1n) is 6.92. The number of aryl methyl sites for hydroxylation is 1. The second-order valence-electron chi connectivity index (χ2n) is 4.93. The lowest BCUT2D eigenvalue weighted by Gasteiger charge is -2.11. The summed E-state index contributed by atoms with van der Waals surface area (Å²) in [5.41, 5.74) is 1.85. The Bertz CT molecular complexity index is 631. The van der Waals surface area contributed by atoms with Crippen LogP contribution in [0.15, 0.2) is 18.2 Å². The Hall–Kier alpha value is -1.88. The monoisotopic (exact) mass is 306 g/mol. The Morgan fingerprint density at radius 3 is 2.62 bits per heavy atom. The average molecular weight is 307 g/mol. The second-order valence-corrected chi connectivity index (χ2v) is 5.33. The van der Waals surface area contributed by atoms with Crippen molar-refractivity contribution in [2.45, 2.75) is 33.8 Å². The van der Waals surface area contributed by atoms with Gasteiger partial charge in [-0.3, -0.25) is 0 Å². The molecule has 21 heavy (non-hydrogen) atoms. The number of benzene rings is 1. The maximum absolute atomic E-state index is 6.17. The van der Waals surface area contributed by atoms with Crippen molar-refractivity contribution in [1.29, 1.82) is 0 Å². The molecule has 0 aliphatic carbocycles. The molecule has 1 aromatic carbocycles. The molecule has 0 amide bonds. The van der Waals surface area contributed by atoms with Crippen molar-refractivity contribution in [2.24, 2.45) is 0 Å². The van der Waals surface area contributed by atoms with Gasteiger partial charge in [-0.1, -0.05) is 23.7 Å². The summed E-state index contributed by atoms with van der Waals surface area (Å²) in [7, 11) is 0. The van der Waals surface area contributed by atoms with E-state index >= 15 is 0 Å². The van der Waals surface area contributed by atoms with Gasteiger partial charge in [0.1, 0.15) is 0 Å². The van der Waals surface area contributed by atoms with Gasteiger partial charge in [0, 0.05) is 17.1 Å². The molecule has 0 radical (unpaired) electrons. The number of ether oxygens (including phenoxy) is 1. The van der Waals surface area contributed by atoms with Crippen molar-refractivity contribution in [3.8, 4) is 17.4 Å². The topological polar surface area (TPSA) is 59.9 Å². The van der Waals surface area contributed by atoms with E-state index in [4.69, 9.17) is 16.3 Å². The molecule has 0 atom stereocenters. The lowest BCUT2D eigenvalue weighted by molar-refractivity contribution is 0.222. The fourth-order valence-corrected chi connectivity index (χ4v) is 1.90. The molecule has 0 aliphatic rings. The first kappa shape index (κ1) is 15.5. The zero-order chi connectivity index (χ0) is 15.4. The van der Waals surface area contributed by atoms with Gasteiger partial charge in [0.2, 0.25) is 5.95 Å². The van der Waals surface area contributed by atoms with Gasteiger partial charge in [-0.05, 0) is 39.3 Å². The predicted octanol–water partition coefficient (Wildman–Crippen LogP) is 3.72. The van der Waals surface area contributed by atoms with Crippen LogP contribution in [0.4, 0.5) is 5.95 Å². The van der Waals surface area contributed by atoms with E-state index in [1.807, 2.05) is 45.9 Å². The molecule has 0 bridgehead atoms. The maximum atomic E-state index is 6.17. The van der Waals surface area contributed by atoms with Gasteiger partial charge in [-0.25, -0.2) is 0 Å². The first-order chi connectivity index (χ1) is 9.99. The fraction of sp³-hybridized carbons (Fsp3) is 0.400. The molecule has 0 fully saturated rings. The van der Waals surface area contributed by atoms with Crippen molar-refractivity contribution in [1.82, 2.24) is 15.0 Å². The van der Waals surface area contributed by atoms with Crippen molar-refractivity contribution < 1.29 is 4.74 Å². The molecule has 2 rings (SSSR count). The van der Waals surface area contributed by atoms with Crippen LogP contribution in [0, 0.1) is 6.92 Å². The molecule has 0 aliphatic heterocycles. The van der Waals surface area contributed by atoms with Crippen molar-refractivity contribution in [2.75, 3.05) is 11.9 Å². The van der Waals surface area contributed by atoms with Crippen molar-refractivity contribution in [3.05, 3.63) is 28.8 Å². The molecule has 0 spiro atoms. The van der Waals surface area contributed by atoms with Gasteiger partial charge < -0.3 is 10.1 Å². The Morgan fingerprint density at radius 2 is 2.00 bits per heavy atom. The van der Waals surface area contributed by atoms with Crippen LogP contribution in [0.5, 0.6) is 6.01 Å². The standard InChI is InChI=1S/C15H19ClN4O/c1-5-17-14-18-13(19-15(20-14)21-9(2)3)11-7-6-10(4)12(16)8-11/h6-9H,5H2,1-4H3,(H,17,18,19,20). The van der Waals surface area contributed by atoms with E-state index in [0.717, 1.165) is 17.7 Å². The summed E-state index contributed by atoms with van der Waals surface area (Å²) in [4.78, 5) is 13.0. The van der Waals surface area contributed by atoms with E-state index < -0.39 is 0 Å². The van der Waals surface area contributed by atoms with Gasteiger partial charge in [-0.2, -0.15) is 15.0 Å². The number of rotatable bonds is 5. The summed E-state index contributed by atoms with van der Waals surface area (Å²) in [6.07, 6.45) is -0.00340. The number of nitrogens with one attached hydrogen (secondary N) is 1. The highest BCUT2D eigenvalue weighted by atomic mass is 35.5. The molecule has 0 saturated heterocycles. The number of aromatic nitrogens is 3. The van der Waals surface area contributed by atoms with Crippen LogP contribution in [0.1, 0.15) is 26.3 Å². The molecule has 1 aromatic heterocycles. The smallest absolute Gasteiger partial charge is 0.322 e. The van der Waals surface area contributed by atoms with Crippen LogP contribution in [0.25, 0.3) is 11.4 Å². The summed E-state index contributed by atoms with van der Waals surface area (Å²) in [5, 5.41) is 3.77. The van der Waals surface area contributed by atoms with E-state index in [1.54, 1.807) is 0 Å². The van der Waals surface area contributed by atoms with Crippen molar-refractivity contribution >= 4 is 17.5 Å². The van der Waals surface area contributed by atoms with E-state index in [9.17, 15) is 0 Å². The highest BCUT2D eigenvalue weighted by molar-refractivity contribution is 6.31. The molecule has 6 heteroatoms. The molecular formula is C15H19ClN4O. The van der Waals surface area contributed by atoms with Gasteiger partial charge >= 0.3 is 6.01 Å². The summed E-state index contributed by atoms with van der Waals surface area (Å²) in [5.74, 6) is 1.04. The average Bonchev–Trinajstić information content (AvgIpc) is 2.41. The van der Waals surface area contributed by atoms with Gasteiger partial charge in [-0.15, -0.1) is 0 Å². The molecule has 5 nitrogen and oxygen atoms in total. The van der Waals surface area contributed by atoms with Crippen LogP contribution < -0.4 is 10.1 Å². The number of hydrogen-bond donors (Lipinski definition) is 1. The molecular weight excluding hydrogens is 288 g/mol. The fourth-order valence-electron chi connectivity index (χ4n) is 1.72. The zero-order valence-electron chi connectivity index (χ0n) is 12.6. The normalized spacial score (nSPS) is 10.8. The minimum Gasteiger partial charge on any atom is -0.461 e. The summed E-state index contributed by atoms with van der Waals surface area (Å²) in [6.45, 7) is 8.52. The largest absolute Gasteiger partial charge is 0.461 e. The van der Waals surface area contributed by atoms with Crippen LogP contribution in [0.3, 0.4) is 0 Å². The van der Waals surface area contributed by atoms with E-state index in [0.29, 0.717) is 22.8 Å². The van der Waals surface area contributed by atoms with Gasteiger partial charge in [0.25, 0.3) is 0 Å². The Morgan fingerprint density at radius 1 is 1.24 bits per heavy atom. The minimum absolute atomic E-state index is 0.00340. The minimum atomic E-state index is -0.00340. The van der Waals surface area contributed by atoms with E-state index in [2.05, 4.69) is 20.3 Å². The molecule has 0 unspecified atom stereocenters. The Labute approximate surface area is 129 Å². The summed E-state index contributed by atoms with van der Waals surface area (Å²) < 4.78 is 5.58. The quantitative estimate of drug-likeness (QED) is 0.912. The van der Waals surface area contributed by atoms with Gasteiger partial charge in [0.05, 0.1) is 6.10 Å². The molecule has 2 aromatic rings. The Balaban J connectivity index is 2.45. The maximum Gasteiger partial charge on any atom is 0.322 e. The van der Waals surface area contributed by atoms with Gasteiger partial charge in [0.15, 0.2) is 5.82 Å². The summed E-state index contributed by atoms with van der Waals surface area (Å²) in [6, 6.07) is 6.03. The predicted molar refractivity (Wildman–Crippen MR) is 84.9 cm³/mol. The van der Waals surface area contributed by atoms with Crippen LogP contribution in [-0.4, -0.2) is 27.6 Å². The molecule has 0 saturated carbocycles. The van der Waals surface area contributed by atoms with Crippen LogP contribution in [-0.2, 0) is 0 Å². The third-order valence-electron chi connectivity index (χ3n) is 2.72.